The molecule has 3 N–H and O–H groups in total. The van der Waals surface area contributed by atoms with Gasteiger partial charge in [-0.3, -0.25) is 4.79 Å². The van der Waals surface area contributed by atoms with E-state index in [4.69, 9.17) is 9.47 Å². The number of halogens is 1. The molecular weight excluding hydrogens is 561 g/mol. The minimum Gasteiger partial charge on any atom is -0.490 e. The van der Waals surface area contributed by atoms with E-state index in [0.717, 1.165) is 88.7 Å². The second-order valence-corrected chi connectivity index (χ2v) is 13.3. The fraction of sp³-hybridized carbons (Fsp3) is 0.618. The Bertz CT molecular complexity index is 1270. The third-order valence-corrected chi connectivity index (χ3v) is 9.72. The summed E-state index contributed by atoms with van der Waals surface area (Å²) in [5.41, 5.74) is 1.77. The van der Waals surface area contributed by atoms with Crippen LogP contribution < -0.4 is 29.9 Å². The van der Waals surface area contributed by atoms with Gasteiger partial charge in [0, 0.05) is 95.1 Å². The van der Waals surface area contributed by atoms with E-state index in [-0.39, 0.29) is 29.9 Å². The van der Waals surface area contributed by atoms with E-state index in [0.29, 0.717) is 37.2 Å². The second kappa shape index (κ2) is 13.5. The van der Waals surface area contributed by atoms with Crippen molar-refractivity contribution in [3.63, 3.8) is 0 Å². The largest absolute Gasteiger partial charge is 0.490 e. The fourth-order valence-electron chi connectivity index (χ4n) is 7.01. The molecule has 4 heterocycles. The molecule has 0 radical (unpaired) electrons. The van der Waals surface area contributed by atoms with E-state index in [1.54, 1.807) is 6.07 Å². The number of hydrogen-bond donors (Lipinski definition) is 3. The number of carbonyl (C=O) groups excluding carboxylic acids is 1. The Labute approximate surface area is 260 Å². The lowest BCUT2D eigenvalue weighted by Crippen LogP contribution is -2.43. The summed E-state index contributed by atoms with van der Waals surface area (Å²) in [6, 6.07) is 10.8. The summed E-state index contributed by atoms with van der Waals surface area (Å²) in [5.74, 6) is 1.34. The van der Waals surface area contributed by atoms with Gasteiger partial charge in [-0.2, -0.15) is 0 Å². The first-order valence-electron chi connectivity index (χ1n) is 16.4. The molecule has 0 unspecified atom stereocenters. The van der Waals surface area contributed by atoms with Crippen molar-refractivity contribution in [1.29, 1.82) is 0 Å². The smallest absolute Gasteiger partial charge is 0.253 e. The Morgan fingerprint density at radius 2 is 1.59 bits per heavy atom. The predicted octanol–water partition coefficient (Wildman–Crippen LogP) is 3.65. The summed E-state index contributed by atoms with van der Waals surface area (Å²) in [6.07, 6.45) is 4.18. The molecule has 0 spiro atoms. The van der Waals surface area contributed by atoms with Crippen molar-refractivity contribution in [1.82, 2.24) is 15.5 Å². The normalized spacial score (nSPS) is 22.4. The number of likely N-dealkylation sites (tertiary alicyclic amines) is 1. The summed E-state index contributed by atoms with van der Waals surface area (Å²) < 4.78 is 27.1. The number of carbonyl (C=O) groups is 1. The van der Waals surface area contributed by atoms with Crippen LogP contribution in [0, 0.1) is 11.7 Å². The molecule has 10 heteroatoms. The molecule has 1 amide bonds. The molecule has 44 heavy (non-hydrogen) atoms. The van der Waals surface area contributed by atoms with Gasteiger partial charge >= 0.3 is 0 Å². The highest BCUT2D eigenvalue weighted by Gasteiger charge is 2.32. The number of amides is 1. The summed E-state index contributed by atoms with van der Waals surface area (Å²) >= 11 is 0. The number of benzene rings is 2. The molecule has 9 nitrogen and oxygen atoms in total. The summed E-state index contributed by atoms with van der Waals surface area (Å²) in [7, 11) is 0. The molecule has 2 aromatic carbocycles. The number of piperazine rings is 1. The van der Waals surface area contributed by atoms with Gasteiger partial charge < -0.3 is 39.9 Å². The maximum absolute atomic E-state index is 14.5. The van der Waals surface area contributed by atoms with Crippen LogP contribution in [0.2, 0.25) is 0 Å². The highest BCUT2D eigenvalue weighted by molar-refractivity contribution is 5.95. The third-order valence-electron chi connectivity index (χ3n) is 9.72. The third kappa shape index (κ3) is 7.41. The molecule has 0 saturated carbocycles. The first-order valence-corrected chi connectivity index (χ1v) is 16.4. The first kappa shape index (κ1) is 30.9. The quantitative estimate of drug-likeness (QED) is 0.418. The number of rotatable bonds is 8. The molecule has 0 bridgehead atoms. The summed E-state index contributed by atoms with van der Waals surface area (Å²) in [4.78, 5) is 20.1. The van der Waals surface area contributed by atoms with Gasteiger partial charge in [0.05, 0.1) is 11.3 Å². The van der Waals surface area contributed by atoms with Crippen LogP contribution in [0.15, 0.2) is 36.4 Å². The van der Waals surface area contributed by atoms with Crippen LogP contribution in [0.25, 0.3) is 0 Å². The SMILES string of the molecule is CC(C)(O)C1CCN(c2cc(C(=O)N3CCC(Oc4cc(F)cc(N5CCNCC5)c4)CC3)ccc2O[C@H]2CCNC2)CC1. The molecule has 1 atom stereocenters. The van der Waals surface area contributed by atoms with Gasteiger partial charge in [0.15, 0.2) is 0 Å². The monoisotopic (exact) mass is 609 g/mol. The van der Waals surface area contributed by atoms with E-state index in [1.807, 2.05) is 43.0 Å². The fourth-order valence-corrected chi connectivity index (χ4v) is 7.01. The molecule has 4 aliphatic heterocycles. The number of nitrogens with one attached hydrogen (secondary N) is 2. The van der Waals surface area contributed by atoms with Crippen molar-refractivity contribution in [3.05, 3.63) is 47.8 Å². The van der Waals surface area contributed by atoms with Gasteiger partial charge in [-0.1, -0.05) is 0 Å². The number of anilines is 2. The maximum Gasteiger partial charge on any atom is 0.253 e. The van der Waals surface area contributed by atoms with Crippen LogP contribution in [-0.4, -0.2) is 99.2 Å². The van der Waals surface area contributed by atoms with Crippen LogP contribution >= 0.6 is 0 Å². The molecule has 6 rings (SSSR count). The highest BCUT2D eigenvalue weighted by atomic mass is 19.1. The van der Waals surface area contributed by atoms with Crippen LogP contribution in [0.1, 0.15) is 56.3 Å². The topological polar surface area (TPSA) is 89.5 Å². The number of ether oxygens (including phenoxy) is 2. The number of nitrogens with zero attached hydrogens (tertiary/aromatic N) is 3. The van der Waals surface area contributed by atoms with Crippen molar-refractivity contribution in [2.75, 3.05) is 75.2 Å². The molecule has 4 aliphatic rings. The van der Waals surface area contributed by atoms with Gasteiger partial charge in [0.2, 0.25) is 0 Å². The molecule has 240 valence electrons. The zero-order valence-electron chi connectivity index (χ0n) is 26.2. The lowest BCUT2D eigenvalue weighted by atomic mass is 9.83. The Balaban J connectivity index is 1.10. The minimum atomic E-state index is -0.698. The van der Waals surface area contributed by atoms with Gasteiger partial charge in [-0.25, -0.2) is 4.39 Å². The lowest BCUT2D eigenvalue weighted by molar-refractivity contribution is 0.00647. The zero-order valence-corrected chi connectivity index (χ0v) is 26.2. The molecule has 0 aromatic heterocycles. The average molecular weight is 610 g/mol. The Morgan fingerprint density at radius 1 is 0.841 bits per heavy atom. The number of hydrogen-bond acceptors (Lipinski definition) is 8. The van der Waals surface area contributed by atoms with E-state index in [2.05, 4.69) is 20.4 Å². The van der Waals surface area contributed by atoms with Gasteiger partial charge in [0.25, 0.3) is 5.91 Å². The molecule has 0 aliphatic carbocycles. The zero-order chi connectivity index (χ0) is 30.7. The second-order valence-electron chi connectivity index (χ2n) is 13.3. The van der Waals surface area contributed by atoms with Gasteiger partial charge in [-0.15, -0.1) is 0 Å². The standard InChI is InChI=1S/C34H48FN5O4/c1-34(2,42)25-6-13-39(14-7-25)31-19-24(3-4-32(31)44-29-5-10-37-23-29)33(41)40-15-8-28(9-16-40)43-30-21-26(35)20-27(22-30)38-17-11-36-12-18-38/h3-4,19-22,25,28-29,36-37,42H,5-18,23H2,1-2H3/t29-/m0/s1. The Hall–Kier alpha value is -3.08. The molecule has 2 aromatic rings. The van der Waals surface area contributed by atoms with Crippen molar-refractivity contribution < 1.29 is 23.8 Å². The summed E-state index contributed by atoms with van der Waals surface area (Å²) in [5, 5.41) is 17.2. The maximum atomic E-state index is 14.5. The highest BCUT2D eigenvalue weighted by Crippen LogP contribution is 2.37. The van der Waals surface area contributed by atoms with E-state index < -0.39 is 5.60 Å². The predicted molar refractivity (Wildman–Crippen MR) is 171 cm³/mol. The first-order chi connectivity index (χ1) is 21.2. The van der Waals surface area contributed by atoms with Crippen molar-refractivity contribution in [3.8, 4) is 11.5 Å². The van der Waals surface area contributed by atoms with E-state index >= 15 is 0 Å². The number of piperidine rings is 2. The van der Waals surface area contributed by atoms with Crippen LogP contribution in [-0.2, 0) is 0 Å². The van der Waals surface area contributed by atoms with Gasteiger partial charge in [0.1, 0.15) is 29.5 Å². The molecular formula is C34H48FN5O4. The van der Waals surface area contributed by atoms with Crippen molar-refractivity contribution >= 4 is 17.3 Å². The Morgan fingerprint density at radius 3 is 2.27 bits per heavy atom. The molecule has 4 saturated heterocycles. The lowest BCUT2D eigenvalue weighted by Gasteiger charge is -2.39. The van der Waals surface area contributed by atoms with E-state index in [1.165, 1.54) is 6.07 Å². The minimum absolute atomic E-state index is 0.0110. The van der Waals surface area contributed by atoms with Gasteiger partial charge in [-0.05, 0) is 69.8 Å². The van der Waals surface area contributed by atoms with Crippen molar-refractivity contribution in [2.45, 2.75) is 63.8 Å². The van der Waals surface area contributed by atoms with Crippen molar-refractivity contribution in [2.24, 2.45) is 5.92 Å². The average Bonchev–Trinajstić information content (AvgIpc) is 3.54. The van der Waals surface area contributed by atoms with Crippen LogP contribution in [0.3, 0.4) is 0 Å². The molecule has 4 fully saturated rings. The van der Waals surface area contributed by atoms with E-state index in [9.17, 15) is 14.3 Å². The van der Waals surface area contributed by atoms with Crippen LogP contribution in [0.4, 0.5) is 15.8 Å². The van der Waals surface area contributed by atoms with Crippen LogP contribution in [0.5, 0.6) is 11.5 Å². The summed E-state index contributed by atoms with van der Waals surface area (Å²) in [6.45, 7) is 11.8. The Kier molecular flexibility index (Phi) is 9.49. The number of aliphatic hydroxyl groups is 1.